The fourth-order valence-corrected chi connectivity index (χ4v) is 3.74. The zero-order valence-electron chi connectivity index (χ0n) is 16.5. The number of rotatable bonds is 7. The van der Waals surface area contributed by atoms with E-state index < -0.39 is 21.8 Å². The Morgan fingerprint density at radius 3 is 2.59 bits per heavy atom. The first kappa shape index (κ1) is 21.0. The number of ether oxygens (including phenoxy) is 1. The summed E-state index contributed by atoms with van der Waals surface area (Å²) in [4.78, 5) is 21.7. The van der Waals surface area contributed by atoms with E-state index in [4.69, 9.17) is 4.74 Å². The van der Waals surface area contributed by atoms with Gasteiger partial charge in [0.15, 0.2) is 15.5 Å². The molecule has 0 radical (unpaired) electrons. The molecule has 8 heteroatoms. The van der Waals surface area contributed by atoms with Crippen LogP contribution in [0.2, 0.25) is 0 Å². The molecule has 1 unspecified atom stereocenters. The van der Waals surface area contributed by atoms with Crippen LogP contribution in [0.15, 0.2) is 48.0 Å². The summed E-state index contributed by atoms with van der Waals surface area (Å²) in [6.07, 6.45) is 8.57. The van der Waals surface area contributed by atoms with Crippen LogP contribution in [0.3, 0.4) is 0 Å². The lowest BCUT2D eigenvalue weighted by Crippen LogP contribution is -2.32. The molecule has 1 aromatic heterocycles. The second-order valence-corrected chi connectivity index (χ2v) is 9.20. The third-order valence-electron chi connectivity index (χ3n) is 4.68. The first-order chi connectivity index (χ1) is 13.8. The molecule has 1 heterocycles. The molecular formula is C21H25N3O4S. The summed E-state index contributed by atoms with van der Waals surface area (Å²) in [6.45, 7) is 1.68. The highest BCUT2D eigenvalue weighted by Crippen LogP contribution is 2.34. The van der Waals surface area contributed by atoms with Crippen molar-refractivity contribution in [2.75, 3.05) is 6.26 Å². The number of nitrogens with zero attached hydrogens (tertiary/aromatic N) is 2. The summed E-state index contributed by atoms with van der Waals surface area (Å²) < 4.78 is 28.4. The molecule has 1 aliphatic carbocycles. The Balaban J connectivity index is 1.85. The van der Waals surface area contributed by atoms with Crippen molar-refractivity contribution in [1.29, 1.82) is 0 Å². The lowest BCUT2D eigenvalue weighted by molar-refractivity contribution is 0.0938. The van der Waals surface area contributed by atoms with Crippen LogP contribution in [0.5, 0.6) is 11.6 Å². The van der Waals surface area contributed by atoms with Gasteiger partial charge in [0.05, 0.1) is 5.69 Å². The van der Waals surface area contributed by atoms with E-state index in [-0.39, 0.29) is 11.6 Å². The highest BCUT2D eigenvalue weighted by molar-refractivity contribution is 7.93. The van der Waals surface area contributed by atoms with E-state index in [1.54, 1.807) is 25.3 Å². The van der Waals surface area contributed by atoms with Gasteiger partial charge < -0.3 is 10.1 Å². The van der Waals surface area contributed by atoms with E-state index in [9.17, 15) is 13.2 Å². The molecule has 0 saturated heterocycles. The Kier molecular flexibility index (Phi) is 6.64. The van der Waals surface area contributed by atoms with Gasteiger partial charge in [-0.1, -0.05) is 37.1 Å². The SMILES string of the molecule is CC(C=CS(C)(=O)=O)NC(=O)c1ncc(C2CCCC2)nc1Oc1ccccc1. The third kappa shape index (κ3) is 6.12. The molecular weight excluding hydrogens is 390 g/mol. The maximum atomic E-state index is 12.7. The number of amides is 1. The second-order valence-electron chi connectivity index (χ2n) is 7.27. The van der Waals surface area contributed by atoms with E-state index in [2.05, 4.69) is 15.3 Å². The van der Waals surface area contributed by atoms with Crippen LogP contribution in [-0.2, 0) is 9.84 Å². The Hall–Kier alpha value is -2.74. The summed E-state index contributed by atoms with van der Waals surface area (Å²) >= 11 is 0. The first-order valence-corrected chi connectivity index (χ1v) is 11.6. The fraction of sp³-hybridized carbons (Fsp3) is 0.381. The van der Waals surface area contributed by atoms with Gasteiger partial charge in [0.2, 0.25) is 0 Å². The monoisotopic (exact) mass is 415 g/mol. The molecule has 3 rings (SSSR count). The summed E-state index contributed by atoms with van der Waals surface area (Å²) in [6, 6.07) is 8.60. The van der Waals surface area contributed by atoms with Crippen molar-refractivity contribution < 1.29 is 17.9 Å². The molecule has 154 valence electrons. The molecule has 7 nitrogen and oxygen atoms in total. The molecule has 2 aromatic rings. The number of carbonyl (C=O) groups is 1. The number of aromatic nitrogens is 2. The summed E-state index contributed by atoms with van der Waals surface area (Å²) in [5.74, 6) is 0.559. The number of sulfone groups is 1. The third-order valence-corrected chi connectivity index (χ3v) is 5.33. The minimum absolute atomic E-state index is 0.0650. The number of nitrogens with one attached hydrogen (secondary N) is 1. The van der Waals surface area contributed by atoms with Crippen LogP contribution in [0.4, 0.5) is 0 Å². The molecule has 1 amide bonds. The predicted octanol–water partition coefficient (Wildman–Crippen LogP) is 3.60. The minimum atomic E-state index is -3.27. The van der Waals surface area contributed by atoms with Gasteiger partial charge in [0, 0.05) is 29.8 Å². The largest absolute Gasteiger partial charge is 0.437 e. The average molecular weight is 416 g/mol. The smallest absolute Gasteiger partial charge is 0.275 e. The highest BCUT2D eigenvalue weighted by Gasteiger charge is 2.24. The van der Waals surface area contributed by atoms with Crippen LogP contribution >= 0.6 is 0 Å². The summed E-state index contributed by atoms with van der Waals surface area (Å²) in [5.41, 5.74) is 0.894. The van der Waals surface area contributed by atoms with E-state index in [0.717, 1.165) is 43.0 Å². The first-order valence-electron chi connectivity index (χ1n) is 9.61. The van der Waals surface area contributed by atoms with Gasteiger partial charge in [-0.05, 0) is 31.9 Å². The summed E-state index contributed by atoms with van der Waals surface area (Å²) in [7, 11) is -3.27. The summed E-state index contributed by atoms with van der Waals surface area (Å²) in [5, 5.41) is 3.77. The molecule has 1 N–H and O–H groups in total. The van der Waals surface area contributed by atoms with E-state index in [1.807, 2.05) is 18.2 Å². The zero-order chi connectivity index (χ0) is 20.9. The molecule has 1 aromatic carbocycles. The van der Waals surface area contributed by atoms with E-state index >= 15 is 0 Å². The van der Waals surface area contributed by atoms with Crippen LogP contribution in [0.1, 0.15) is 54.7 Å². The molecule has 0 spiro atoms. The zero-order valence-corrected chi connectivity index (χ0v) is 17.4. The number of hydrogen-bond donors (Lipinski definition) is 1. The van der Waals surface area contributed by atoms with Gasteiger partial charge in [0.25, 0.3) is 11.8 Å². The van der Waals surface area contributed by atoms with Crippen molar-refractivity contribution in [2.24, 2.45) is 0 Å². The fourth-order valence-electron chi connectivity index (χ4n) is 3.21. The Morgan fingerprint density at radius 2 is 1.93 bits per heavy atom. The van der Waals surface area contributed by atoms with E-state index in [0.29, 0.717) is 11.7 Å². The van der Waals surface area contributed by atoms with Crippen LogP contribution < -0.4 is 10.1 Å². The molecule has 0 bridgehead atoms. The number of carbonyl (C=O) groups excluding carboxylic acids is 1. The van der Waals surface area contributed by atoms with Crippen molar-refractivity contribution >= 4 is 15.7 Å². The average Bonchev–Trinajstić information content (AvgIpc) is 3.21. The van der Waals surface area contributed by atoms with Gasteiger partial charge >= 0.3 is 0 Å². The Morgan fingerprint density at radius 1 is 1.24 bits per heavy atom. The molecule has 29 heavy (non-hydrogen) atoms. The second kappa shape index (κ2) is 9.17. The van der Waals surface area contributed by atoms with Crippen LogP contribution in [0.25, 0.3) is 0 Å². The van der Waals surface area contributed by atoms with Crippen molar-refractivity contribution in [3.63, 3.8) is 0 Å². The lowest BCUT2D eigenvalue weighted by Gasteiger charge is -2.15. The van der Waals surface area contributed by atoms with Gasteiger partial charge in [-0.15, -0.1) is 0 Å². The van der Waals surface area contributed by atoms with Gasteiger partial charge in [-0.2, -0.15) is 0 Å². The standard InChI is InChI=1S/C21H25N3O4S/c1-15(12-13-29(2,26)27)23-20(25)19-21(28-17-10-4-3-5-11-17)24-18(14-22-19)16-8-6-7-9-16/h3-5,10-16H,6-9H2,1-2H3,(H,23,25). The highest BCUT2D eigenvalue weighted by atomic mass is 32.2. The molecule has 0 aliphatic heterocycles. The van der Waals surface area contributed by atoms with Crippen molar-refractivity contribution in [1.82, 2.24) is 15.3 Å². The molecule has 1 saturated carbocycles. The van der Waals surface area contributed by atoms with Crippen molar-refractivity contribution in [2.45, 2.75) is 44.6 Å². The minimum Gasteiger partial charge on any atom is -0.437 e. The van der Waals surface area contributed by atoms with Crippen molar-refractivity contribution in [3.05, 3.63) is 59.4 Å². The van der Waals surface area contributed by atoms with Gasteiger partial charge in [-0.25, -0.2) is 18.4 Å². The van der Waals surface area contributed by atoms with Gasteiger partial charge in [-0.3, -0.25) is 4.79 Å². The van der Waals surface area contributed by atoms with E-state index in [1.165, 1.54) is 6.08 Å². The molecule has 1 fully saturated rings. The quantitative estimate of drug-likeness (QED) is 0.742. The van der Waals surface area contributed by atoms with Crippen LogP contribution in [0, 0.1) is 0 Å². The number of para-hydroxylation sites is 1. The maximum absolute atomic E-state index is 12.7. The Labute approximate surface area is 171 Å². The van der Waals surface area contributed by atoms with Crippen molar-refractivity contribution in [3.8, 4) is 11.6 Å². The molecule has 1 atom stereocenters. The van der Waals surface area contributed by atoms with Crippen LogP contribution in [-0.4, -0.2) is 36.6 Å². The maximum Gasteiger partial charge on any atom is 0.275 e. The van der Waals surface area contributed by atoms with Gasteiger partial charge in [0.1, 0.15) is 5.75 Å². The Bertz CT molecular complexity index is 984. The topological polar surface area (TPSA) is 98.2 Å². The number of benzene rings is 1. The predicted molar refractivity (Wildman–Crippen MR) is 111 cm³/mol. The molecule has 1 aliphatic rings. The lowest BCUT2D eigenvalue weighted by atomic mass is 10.0. The normalized spacial score (nSPS) is 16.1. The number of hydrogen-bond acceptors (Lipinski definition) is 6.